The molecule has 1 aromatic heterocycles. The van der Waals surface area contributed by atoms with Crippen LogP contribution in [0.2, 0.25) is 0 Å². The number of methoxy groups -OCH3 is 1. The normalized spacial score (nSPS) is 15.1. The minimum absolute atomic E-state index is 0.0178. The first-order valence-electron chi connectivity index (χ1n) is 6.07. The fourth-order valence-electron chi connectivity index (χ4n) is 1.96. The summed E-state index contributed by atoms with van der Waals surface area (Å²) in [7, 11) is 1.60. The number of hydrogen-bond donors (Lipinski definition) is 1. The van der Waals surface area contributed by atoms with Crippen LogP contribution >= 0.6 is 11.3 Å². The van der Waals surface area contributed by atoms with Crippen LogP contribution < -0.4 is 5.32 Å². The van der Waals surface area contributed by atoms with Gasteiger partial charge in [0.1, 0.15) is 0 Å². The van der Waals surface area contributed by atoms with Crippen LogP contribution in [0.5, 0.6) is 0 Å². The third-order valence-electron chi connectivity index (χ3n) is 2.88. The number of thiazole rings is 1. The summed E-state index contributed by atoms with van der Waals surface area (Å²) in [6.07, 6.45) is 6.31. The summed E-state index contributed by atoms with van der Waals surface area (Å²) in [5, 5.41) is 3.59. The summed E-state index contributed by atoms with van der Waals surface area (Å²) in [5.41, 5.74) is 1.19. The minimum atomic E-state index is -0.0178. The first-order chi connectivity index (χ1) is 8.29. The largest absolute Gasteiger partial charge is 0.384 e. The highest BCUT2D eigenvalue weighted by Crippen LogP contribution is 2.28. The lowest BCUT2D eigenvalue weighted by molar-refractivity contribution is -0.117. The molecule has 1 aromatic rings. The highest BCUT2D eigenvalue weighted by atomic mass is 32.1. The highest BCUT2D eigenvalue weighted by molar-refractivity contribution is 7.15. The molecule has 94 valence electrons. The number of carbonyl (C=O) groups is 1. The van der Waals surface area contributed by atoms with Crippen molar-refractivity contribution < 1.29 is 9.53 Å². The average molecular weight is 254 g/mol. The summed E-state index contributed by atoms with van der Waals surface area (Å²) in [4.78, 5) is 17.4. The second-order valence-corrected chi connectivity index (χ2v) is 5.32. The zero-order valence-corrected chi connectivity index (χ0v) is 10.9. The van der Waals surface area contributed by atoms with E-state index in [-0.39, 0.29) is 5.91 Å². The molecule has 4 nitrogen and oxygen atoms in total. The molecule has 0 unspecified atom stereocenters. The average Bonchev–Trinajstić information content (AvgIpc) is 2.56. The van der Waals surface area contributed by atoms with Gasteiger partial charge in [-0.3, -0.25) is 4.79 Å². The van der Waals surface area contributed by atoms with E-state index < -0.39 is 0 Å². The number of aryl methyl sites for hydroxylation is 2. The Labute approximate surface area is 105 Å². The number of anilines is 1. The van der Waals surface area contributed by atoms with Gasteiger partial charge in [-0.05, 0) is 25.7 Å². The summed E-state index contributed by atoms with van der Waals surface area (Å²) in [5.74, 6) is -0.0178. The molecule has 1 N–H and O–H groups in total. The van der Waals surface area contributed by atoms with Crippen molar-refractivity contribution in [2.45, 2.75) is 38.5 Å². The van der Waals surface area contributed by atoms with Crippen LogP contribution in [0.4, 0.5) is 5.13 Å². The van der Waals surface area contributed by atoms with E-state index in [1.54, 1.807) is 18.4 Å². The number of rotatable bonds is 4. The standard InChI is InChI=1S/C12H18N2O2S/c1-16-8-7-11(15)14-12-13-9-5-3-2-4-6-10(9)17-12/h2-8H2,1H3,(H,13,14,15). The number of carbonyl (C=O) groups excluding carboxylic acids is 1. The number of aromatic nitrogens is 1. The number of amides is 1. The molecule has 0 fully saturated rings. The second kappa shape index (κ2) is 6.12. The van der Waals surface area contributed by atoms with E-state index in [1.807, 2.05) is 0 Å². The summed E-state index contributed by atoms with van der Waals surface area (Å²) >= 11 is 1.63. The topological polar surface area (TPSA) is 51.2 Å². The molecule has 1 heterocycles. The van der Waals surface area contributed by atoms with Crippen LogP contribution in [0, 0.1) is 0 Å². The number of hydrogen-bond acceptors (Lipinski definition) is 4. The van der Waals surface area contributed by atoms with Gasteiger partial charge in [0.15, 0.2) is 5.13 Å². The molecule has 0 atom stereocenters. The zero-order valence-electron chi connectivity index (χ0n) is 10.1. The first kappa shape index (κ1) is 12.5. The fraction of sp³-hybridized carbons (Fsp3) is 0.667. The fourth-order valence-corrected chi connectivity index (χ4v) is 3.02. The first-order valence-corrected chi connectivity index (χ1v) is 6.88. The molecule has 1 amide bonds. The number of nitrogens with one attached hydrogen (secondary N) is 1. The lowest BCUT2D eigenvalue weighted by Gasteiger charge is -2.00. The lowest BCUT2D eigenvalue weighted by Crippen LogP contribution is -2.13. The van der Waals surface area contributed by atoms with Crippen LogP contribution in [-0.4, -0.2) is 24.6 Å². The maximum absolute atomic E-state index is 11.5. The molecule has 0 aliphatic heterocycles. The van der Waals surface area contributed by atoms with E-state index in [9.17, 15) is 4.79 Å². The molecule has 0 radical (unpaired) electrons. The molecule has 5 heteroatoms. The van der Waals surface area contributed by atoms with Gasteiger partial charge >= 0.3 is 0 Å². The Hall–Kier alpha value is -0.940. The van der Waals surface area contributed by atoms with E-state index in [1.165, 1.54) is 29.8 Å². The Balaban J connectivity index is 1.95. The molecule has 1 aliphatic carbocycles. The van der Waals surface area contributed by atoms with Crippen molar-refractivity contribution in [3.05, 3.63) is 10.6 Å². The minimum Gasteiger partial charge on any atom is -0.384 e. The molecule has 0 aromatic carbocycles. The molecule has 0 spiro atoms. The van der Waals surface area contributed by atoms with Crippen LogP contribution in [-0.2, 0) is 22.4 Å². The molecule has 0 bridgehead atoms. The van der Waals surface area contributed by atoms with Gasteiger partial charge in [0.25, 0.3) is 0 Å². The third kappa shape index (κ3) is 3.51. The number of nitrogens with zero attached hydrogens (tertiary/aromatic N) is 1. The van der Waals surface area contributed by atoms with Crippen molar-refractivity contribution in [3.63, 3.8) is 0 Å². The molecule has 0 saturated carbocycles. The third-order valence-corrected chi connectivity index (χ3v) is 3.95. The van der Waals surface area contributed by atoms with Gasteiger partial charge in [0, 0.05) is 12.0 Å². The smallest absolute Gasteiger partial charge is 0.228 e. The predicted octanol–water partition coefficient (Wildman–Crippen LogP) is 2.39. The zero-order chi connectivity index (χ0) is 12.1. The lowest BCUT2D eigenvalue weighted by atomic mass is 10.2. The van der Waals surface area contributed by atoms with E-state index in [2.05, 4.69) is 10.3 Å². The van der Waals surface area contributed by atoms with E-state index in [0.717, 1.165) is 18.0 Å². The maximum Gasteiger partial charge on any atom is 0.228 e. The summed E-state index contributed by atoms with van der Waals surface area (Å²) in [6, 6.07) is 0. The van der Waals surface area contributed by atoms with Crippen molar-refractivity contribution in [1.29, 1.82) is 0 Å². The molecular formula is C12H18N2O2S. The number of ether oxygens (including phenoxy) is 1. The van der Waals surface area contributed by atoms with Gasteiger partial charge in [-0.25, -0.2) is 4.98 Å². The molecular weight excluding hydrogens is 236 g/mol. The molecule has 17 heavy (non-hydrogen) atoms. The van der Waals surface area contributed by atoms with Crippen LogP contribution in [0.1, 0.15) is 36.3 Å². The van der Waals surface area contributed by atoms with Crippen molar-refractivity contribution in [2.75, 3.05) is 19.0 Å². The van der Waals surface area contributed by atoms with Gasteiger partial charge < -0.3 is 10.1 Å². The van der Waals surface area contributed by atoms with Crippen LogP contribution in [0.3, 0.4) is 0 Å². The summed E-state index contributed by atoms with van der Waals surface area (Å²) in [6.45, 7) is 0.455. The highest BCUT2D eigenvalue weighted by Gasteiger charge is 2.15. The SMILES string of the molecule is COCCC(=O)Nc1nc2c(s1)CCCCC2. The monoisotopic (exact) mass is 254 g/mol. The van der Waals surface area contributed by atoms with Crippen molar-refractivity contribution in [3.8, 4) is 0 Å². The van der Waals surface area contributed by atoms with Crippen molar-refractivity contribution in [1.82, 2.24) is 4.98 Å². The van der Waals surface area contributed by atoms with E-state index in [4.69, 9.17) is 4.74 Å². The predicted molar refractivity (Wildman–Crippen MR) is 68.5 cm³/mol. The Kier molecular flexibility index (Phi) is 4.50. The second-order valence-electron chi connectivity index (χ2n) is 4.24. The van der Waals surface area contributed by atoms with Crippen molar-refractivity contribution >= 4 is 22.4 Å². The molecule has 1 aliphatic rings. The van der Waals surface area contributed by atoms with E-state index in [0.29, 0.717) is 13.0 Å². The number of fused-ring (bicyclic) bond motifs is 1. The Morgan fingerprint density at radius 1 is 1.41 bits per heavy atom. The van der Waals surface area contributed by atoms with Gasteiger partial charge in [-0.1, -0.05) is 6.42 Å². The molecule has 0 saturated heterocycles. The quantitative estimate of drug-likeness (QED) is 0.839. The Bertz CT molecular complexity index is 366. The van der Waals surface area contributed by atoms with Crippen molar-refractivity contribution in [2.24, 2.45) is 0 Å². The van der Waals surface area contributed by atoms with Gasteiger partial charge in [0.2, 0.25) is 5.91 Å². The van der Waals surface area contributed by atoms with Gasteiger partial charge in [-0.2, -0.15) is 0 Å². The maximum atomic E-state index is 11.5. The Morgan fingerprint density at radius 3 is 3.06 bits per heavy atom. The van der Waals surface area contributed by atoms with E-state index >= 15 is 0 Å². The van der Waals surface area contributed by atoms with Gasteiger partial charge in [-0.15, -0.1) is 11.3 Å². The molecule has 2 rings (SSSR count). The summed E-state index contributed by atoms with van der Waals surface area (Å²) < 4.78 is 4.87. The van der Waals surface area contributed by atoms with Gasteiger partial charge in [0.05, 0.1) is 18.7 Å². The Morgan fingerprint density at radius 2 is 2.24 bits per heavy atom. The van der Waals surface area contributed by atoms with Crippen LogP contribution in [0.15, 0.2) is 0 Å². The van der Waals surface area contributed by atoms with Crippen LogP contribution in [0.25, 0.3) is 0 Å².